The van der Waals surface area contributed by atoms with Crippen LogP contribution in [-0.2, 0) is 10.0 Å². The Balaban J connectivity index is 2.38. The molecule has 0 spiro atoms. The van der Waals surface area contributed by atoms with Gasteiger partial charge in [-0.05, 0) is 13.8 Å². The number of piperazine rings is 1. The van der Waals surface area contributed by atoms with Gasteiger partial charge in [-0.25, -0.2) is 8.42 Å². The normalized spacial score (nSPS) is 19.3. The average Bonchev–Trinajstić information content (AvgIpc) is 2.72. The summed E-state index contributed by atoms with van der Waals surface area (Å²) in [6, 6.07) is 0. The summed E-state index contributed by atoms with van der Waals surface area (Å²) in [6.07, 6.45) is 1.45. The minimum absolute atomic E-state index is 0.482. The number of nitrogens with one attached hydrogen (secondary N) is 1. The molecule has 1 aliphatic heterocycles. The zero-order valence-corrected chi connectivity index (χ0v) is 12.0. The van der Waals surface area contributed by atoms with Gasteiger partial charge in [-0.3, -0.25) is 0 Å². The van der Waals surface area contributed by atoms with Gasteiger partial charge in [0, 0.05) is 31.7 Å². The molecule has 2 heterocycles. The molecule has 7 heteroatoms. The molecule has 19 heavy (non-hydrogen) atoms. The van der Waals surface area contributed by atoms with E-state index >= 15 is 0 Å². The first-order valence-electron chi connectivity index (χ1n) is 6.23. The second-order valence-electron chi connectivity index (χ2n) is 4.59. The molecule has 0 aliphatic carbocycles. The number of aryl methyl sites for hydroxylation is 2. The Morgan fingerprint density at radius 3 is 2.53 bits per heavy atom. The van der Waals surface area contributed by atoms with Crippen molar-refractivity contribution in [1.82, 2.24) is 14.8 Å². The number of hydrogen-bond acceptors (Lipinski definition) is 5. The summed E-state index contributed by atoms with van der Waals surface area (Å²) in [4.78, 5) is 0. The van der Waals surface area contributed by atoms with E-state index in [1.807, 2.05) is 0 Å². The van der Waals surface area contributed by atoms with Crippen LogP contribution in [0.5, 0.6) is 0 Å². The van der Waals surface area contributed by atoms with Crippen LogP contribution in [0.3, 0.4) is 0 Å². The first-order chi connectivity index (χ1) is 8.98. The highest BCUT2D eigenvalue weighted by molar-refractivity contribution is 7.89. The van der Waals surface area contributed by atoms with Gasteiger partial charge >= 0.3 is 0 Å². The third kappa shape index (κ3) is 2.58. The molecule has 2 rings (SSSR count). The zero-order valence-electron chi connectivity index (χ0n) is 11.2. The van der Waals surface area contributed by atoms with Crippen molar-refractivity contribution >= 4 is 10.0 Å². The van der Waals surface area contributed by atoms with Crippen LogP contribution in [0, 0.1) is 13.8 Å². The maximum absolute atomic E-state index is 12.7. The molecule has 1 saturated heterocycles. The van der Waals surface area contributed by atoms with Crippen molar-refractivity contribution in [2.75, 3.05) is 26.2 Å². The fourth-order valence-electron chi connectivity index (χ4n) is 2.34. The maximum Gasteiger partial charge on any atom is 0.225 e. The molecule has 106 valence electrons. The second kappa shape index (κ2) is 5.44. The van der Waals surface area contributed by atoms with Crippen molar-refractivity contribution in [2.45, 2.75) is 19.1 Å². The average molecular weight is 285 g/mol. The highest BCUT2D eigenvalue weighted by atomic mass is 32.2. The molecule has 1 unspecified atom stereocenters. The molecule has 0 amide bonds. The van der Waals surface area contributed by atoms with E-state index in [2.05, 4.69) is 17.1 Å². The van der Waals surface area contributed by atoms with Crippen molar-refractivity contribution < 1.29 is 12.9 Å². The molecule has 0 aromatic carbocycles. The minimum atomic E-state index is -3.47. The molecular formula is C12H19N3O3S. The van der Waals surface area contributed by atoms with Crippen molar-refractivity contribution in [2.24, 2.45) is 0 Å². The molecule has 1 aromatic heterocycles. The first-order valence-corrected chi connectivity index (χ1v) is 7.73. The standard InChI is InChI=1S/C12H19N3O3S/c1-4-11(12-9(2)14-18-10(12)3)19(16,17)15-7-5-13-6-8-15/h4,11,13H,1,5-8H2,2-3H3. The Hall–Kier alpha value is -1.18. The molecule has 1 aliphatic rings. The number of hydrogen-bond donors (Lipinski definition) is 1. The third-order valence-corrected chi connectivity index (χ3v) is 5.50. The number of rotatable bonds is 4. The van der Waals surface area contributed by atoms with E-state index in [4.69, 9.17) is 4.52 Å². The summed E-state index contributed by atoms with van der Waals surface area (Å²) in [5, 5.41) is 6.17. The van der Waals surface area contributed by atoms with Crippen LogP contribution in [0.25, 0.3) is 0 Å². The van der Waals surface area contributed by atoms with Crippen LogP contribution in [-0.4, -0.2) is 44.1 Å². The quantitative estimate of drug-likeness (QED) is 0.826. The molecule has 1 aromatic rings. The van der Waals surface area contributed by atoms with Crippen LogP contribution in [0.15, 0.2) is 17.2 Å². The SMILES string of the molecule is C=CC(c1c(C)noc1C)S(=O)(=O)N1CCNCC1. The van der Waals surface area contributed by atoms with E-state index in [0.29, 0.717) is 43.2 Å². The second-order valence-corrected chi connectivity index (χ2v) is 6.64. The van der Waals surface area contributed by atoms with E-state index in [-0.39, 0.29) is 0 Å². The van der Waals surface area contributed by atoms with Crippen LogP contribution in [0.1, 0.15) is 22.3 Å². The van der Waals surface area contributed by atoms with E-state index in [1.54, 1.807) is 13.8 Å². The van der Waals surface area contributed by atoms with E-state index < -0.39 is 15.3 Å². The molecule has 1 N–H and O–H groups in total. The lowest BCUT2D eigenvalue weighted by Crippen LogP contribution is -2.47. The number of aromatic nitrogens is 1. The molecule has 0 radical (unpaired) electrons. The van der Waals surface area contributed by atoms with E-state index in [1.165, 1.54) is 10.4 Å². The highest BCUT2D eigenvalue weighted by Gasteiger charge is 2.35. The first kappa shape index (κ1) is 14.2. The van der Waals surface area contributed by atoms with Gasteiger partial charge in [0.2, 0.25) is 10.0 Å². The fraction of sp³-hybridized carbons (Fsp3) is 0.583. The summed E-state index contributed by atoms with van der Waals surface area (Å²) >= 11 is 0. The van der Waals surface area contributed by atoms with E-state index in [0.717, 1.165) is 0 Å². The van der Waals surface area contributed by atoms with Crippen LogP contribution in [0.4, 0.5) is 0 Å². The Morgan fingerprint density at radius 2 is 2.05 bits per heavy atom. The Labute approximate surface area is 113 Å². The molecule has 1 atom stereocenters. The molecular weight excluding hydrogens is 266 g/mol. The lowest BCUT2D eigenvalue weighted by atomic mass is 10.1. The van der Waals surface area contributed by atoms with Crippen molar-refractivity contribution in [3.63, 3.8) is 0 Å². The topological polar surface area (TPSA) is 75.4 Å². The molecule has 0 bridgehead atoms. The highest BCUT2D eigenvalue weighted by Crippen LogP contribution is 2.31. The lowest BCUT2D eigenvalue weighted by molar-refractivity contribution is 0.357. The Kier molecular flexibility index (Phi) is 4.07. The van der Waals surface area contributed by atoms with Gasteiger partial charge in [0.15, 0.2) is 0 Å². The summed E-state index contributed by atoms with van der Waals surface area (Å²) < 4.78 is 31.9. The van der Waals surface area contributed by atoms with Crippen LogP contribution < -0.4 is 5.32 Å². The Morgan fingerprint density at radius 1 is 1.42 bits per heavy atom. The molecule has 1 fully saturated rings. The van der Waals surface area contributed by atoms with Crippen LogP contribution in [0.2, 0.25) is 0 Å². The summed E-state index contributed by atoms with van der Waals surface area (Å²) in [5.74, 6) is 0.529. The summed E-state index contributed by atoms with van der Waals surface area (Å²) in [6.45, 7) is 9.44. The van der Waals surface area contributed by atoms with Gasteiger partial charge in [-0.1, -0.05) is 11.2 Å². The van der Waals surface area contributed by atoms with Gasteiger partial charge in [-0.2, -0.15) is 4.31 Å². The largest absolute Gasteiger partial charge is 0.361 e. The van der Waals surface area contributed by atoms with E-state index in [9.17, 15) is 8.42 Å². The Bertz CT molecular complexity index is 539. The van der Waals surface area contributed by atoms with Gasteiger partial charge in [0.1, 0.15) is 11.0 Å². The van der Waals surface area contributed by atoms with Gasteiger partial charge in [0.05, 0.1) is 5.69 Å². The number of nitrogens with zero attached hydrogens (tertiary/aromatic N) is 2. The van der Waals surface area contributed by atoms with Gasteiger partial charge < -0.3 is 9.84 Å². The monoisotopic (exact) mass is 285 g/mol. The maximum atomic E-state index is 12.7. The van der Waals surface area contributed by atoms with Crippen molar-refractivity contribution in [3.05, 3.63) is 29.7 Å². The van der Waals surface area contributed by atoms with Crippen molar-refractivity contribution in [3.8, 4) is 0 Å². The van der Waals surface area contributed by atoms with Crippen molar-refractivity contribution in [1.29, 1.82) is 0 Å². The zero-order chi connectivity index (χ0) is 14.0. The lowest BCUT2D eigenvalue weighted by Gasteiger charge is -2.29. The van der Waals surface area contributed by atoms with Gasteiger partial charge in [0.25, 0.3) is 0 Å². The fourth-order valence-corrected chi connectivity index (χ4v) is 4.23. The predicted octanol–water partition coefficient (Wildman–Crippen LogP) is 0.754. The predicted molar refractivity (Wildman–Crippen MR) is 72.3 cm³/mol. The third-order valence-electron chi connectivity index (χ3n) is 3.34. The summed E-state index contributed by atoms with van der Waals surface area (Å²) in [5.41, 5.74) is 1.20. The number of sulfonamides is 1. The minimum Gasteiger partial charge on any atom is -0.361 e. The van der Waals surface area contributed by atoms with Crippen LogP contribution >= 0.6 is 0 Å². The summed E-state index contributed by atoms with van der Waals surface area (Å²) in [7, 11) is -3.47. The molecule has 0 saturated carbocycles. The van der Waals surface area contributed by atoms with Gasteiger partial charge in [-0.15, -0.1) is 6.58 Å². The molecule has 6 nitrogen and oxygen atoms in total. The smallest absolute Gasteiger partial charge is 0.225 e.